The largest absolute Gasteiger partial charge is 0.507 e. The Morgan fingerprint density at radius 1 is 1.29 bits per heavy atom. The van der Waals surface area contributed by atoms with Crippen molar-refractivity contribution in [2.24, 2.45) is 0 Å². The maximum Gasteiger partial charge on any atom is 0.257 e. The Morgan fingerprint density at radius 3 is 2.57 bits per heavy atom. The van der Waals surface area contributed by atoms with Crippen LogP contribution < -0.4 is 10.1 Å². The van der Waals surface area contributed by atoms with Gasteiger partial charge >= 0.3 is 0 Å². The molecule has 0 unspecified atom stereocenters. The summed E-state index contributed by atoms with van der Waals surface area (Å²) in [6.45, 7) is 5.28. The van der Waals surface area contributed by atoms with Crippen LogP contribution in [0, 0.1) is 0 Å². The maximum absolute atomic E-state index is 12.5. The molecule has 2 fully saturated rings. The first-order valence-electron chi connectivity index (χ1n) is 7.30. The molecule has 2 aliphatic heterocycles. The highest BCUT2D eigenvalue weighted by atomic mass is 16.5. The van der Waals surface area contributed by atoms with Gasteiger partial charge in [-0.2, -0.15) is 0 Å². The zero-order chi connectivity index (χ0) is 14.8. The van der Waals surface area contributed by atoms with Crippen LogP contribution in [0.1, 0.15) is 10.4 Å². The number of amides is 1. The molecule has 0 aliphatic carbocycles. The zero-order valence-electron chi connectivity index (χ0n) is 12.2. The molecule has 1 aromatic rings. The van der Waals surface area contributed by atoms with Gasteiger partial charge < -0.3 is 20.1 Å². The number of hydrogen-bond donors (Lipinski definition) is 2. The molecule has 0 radical (unpaired) electrons. The van der Waals surface area contributed by atoms with Crippen LogP contribution in [-0.2, 0) is 0 Å². The predicted octanol–water partition coefficient (Wildman–Crippen LogP) is 0.130. The lowest BCUT2D eigenvalue weighted by Gasteiger charge is -2.43. The number of methoxy groups -OCH3 is 1. The van der Waals surface area contributed by atoms with E-state index in [4.69, 9.17) is 4.74 Å². The molecule has 2 aliphatic rings. The second-order valence-corrected chi connectivity index (χ2v) is 5.52. The van der Waals surface area contributed by atoms with Crippen molar-refractivity contribution in [2.45, 2.75) is 6.04 Å². The summed E-state index contributed by atoms with van der Waals surface area (Å²) < 4.78 is 5.12. The fourth-order valence-corrected chi connectivity index (χ4v) is 2.81. The molecule has 21 heavy (non-hydrogen) atoms. The van der Waals surface area contributed by atoms with E-state index >= 15 is 0 Å². The number of nitrogens with zero attached hydrogens (tertiary/aromatic N) is 2. The van der Waals surface area contributed by atoms with Gasteiger partial charge in [-0.3, -0.25) is 9.69 Å². The van der Waals surface area contributed by atoms with Gasteiger partial charge in [0.1, 0.15) is 11.5 Å². The van der Waals surface area contributed by atoms with Gasteiger partial charge in [-0.15, -0.1) is 0 Å². The van der Waals surface area contributed by atoms with E-state index in [2.05, 4.69) is 10.2 Å². The summed E-state index contributed by atoms with van der Waals surface area (Å²) in [5, 5.41) is 13.2. The number of ether oxygens (including phenoxy) is 1. The molecule has 2 heterocycles. The molecule has 2 saturated heterocycles. The van der Waals surface area contributed by atoms with Crippen LogP contribution in [0.25, 0.3) is 0 Å². The maximum atomic E-state index is 12.5. The minimum atomic E-state index is -0.127. The summed E-state index contributed by atoms with van der Waals surface area (Å²) in [5.41, 5.74) is 0.313. The van der Waals surface area contributed by atoms with E-state index in [-0.39, 0.29) is 11.7 Å². The van der Waals surface area contributed by atoms with E-state index < -0.39 is 0 Å². The van der Waals surface area contributed by atoms with Crippen molar-refractivity contribution in [1.82, 2.24) is 15.1 Å². The Morgan fingerprint density at radius 2 is 2.00 bits per heavy atom. The minimum Gasteiger partial charge on any atom is -0.507 e. The molecular formula is C15H21N3O3. The van der Waals surface area contributed by atoms with Crippen molar-refractivity contribution in [2.75, 3.05) is 46.4 Å². The number of aromatic hydroxyl groups is 1. The fraction of sp³-hybridized carbons (Fsp3) is 0.533. The molecule has 0 saturated carbocycles. The molecule has 0 bridgehead atoms. The standard InChI is InChI=1S/C15H21N3O3/c1-21-12-2-3-14(19)13(8-12)15(20)18-6-4-17(5-7-18)11-9-16-10-11/h2-3,8,11,16,19H,4-7,9-10H2,1H3. The van der Waals surface area contributed by atoms with Gasteiger partial charge in [0.05, 0.1) is 12.7 Å². The van der Waals surface area contributed by atoms with Gasteiger partial charge in [-0.05, 0) is 18.2 Å². The van der Waals surface area contributed by atoms with Crippen LogP contribution in [0.3, 0.4) is 0 Å². The SMILES string of the molecule is COc1ccc(O)c(C(=O)N2CCN(C3CNC3)CC2)c1. The van der Waals surface area contributed by atoms with Gasteiger partial charge in [-0.25, -0.2) is 0 Å². The second-order valence-electron chi connectivity index (χ2n) is 5.52. The van der Waals surface area contributed by atoms with Crippen LogP contribution in [0.2, 0.25) is 0 Å². The number of piperazine rings is 1. The summed E-state index contributed by atoms with van der Waals surface area (Å²) in [6, 6.07) is 5.36. The van der Waals surface area contributed by atoms with Crippen LogP contribution in [0.15, 0.2) is 18.2 Å². The average Bonchev–Trinajstić information content (AvgIpc) is 2.46. The number of carbonyl (C=O) groups excluding carboxylic acids is 1. The number of carbonyl (C=O) groups is 1. The first kappa shape index (κ1) is 14.2. The number of phenolic OH excluding ortho intramolecular Hbond substituents is 1. The van der Waals surface area contributed by atoms with Crippen molar-refractivity contribution in [3.05, 3.63) is 23.8 Å². The van der Waals surface area contributed by atoms with E-state index in [1.165, 1.54) is 6.07 Å². The molecule has 114 valence electrons. The van der Waals surface area contributed by atoms with Crippen LogP contribution in [-0.4, -0.2) is 73.2 Å². The molecule has 6 heteroatoms. The Balaban J connectivity index is 1.66. The molecule has 3 rings (SSSR count). The Hall–Kier alpha value is -1.79. The summed E-state index contributed by atoms with van der Waals surface area (Å²) in [6.07, 6.45) is 0. The summed E-state index contributed by atoms with van der Waals surface area (Å²) in [7, 11) is 1.55. The predicted molar refractivity (Wildman–Crippen MR) is 78.8 cm³/mol. The second kappa shape index (κ2) is 5.91. The van der Waals surface area contributed by atoms with Crippen LogP contribution in [0.4, 0.5) is 0 Å². The van der Waals surface area contributed by atoms with Gasteiger partial charge in [0.2, 0.25) is 0 Å². The van der Waals surface area contributed by atoms with Crippen molar-refractivity contribution in [3.63, 3.8) is 0 Å². The van der Waals surface area contributed by atoms with Gasteiger partial charge in [0, 0.05) is 45.3 Å². The molecule has 2 N–H and O–H groups in total. The first-order valence-corrected chi connectivity index (χ1v) is 7.30. The quantitative estimate of drug-likeness (QED) is 0.829. The lowest BCUT2D eigenvalue weighted by atomic mass is 10.1. The molecule has 0 aromatic heterocycles. The normalized spacial score (nSPS) is 20.1. The number of benzene rings is 1. The third kappa shape index (κ3) is 2.82. The van der Waals surface area contributed by atoms with E-state index in [0.29, 0.717) is 30.4 Å². The minimum absolute atomic E-state index is 0.00595. The van der Waals surface area contributed by atoms with Gasteiger partial charge in [0.15, 0.2) is 0 Å². The van der Waals surface area contributed by atoms with Crippen LogP contribution >= 0.6 is 0 Å². The lowest BCUT2D eigenvalue weighted by Crippen LogP contribution is -2.62. The molecule has 1 aromatic carbocycles. The summed E-state index contributed by atoms with van der Waals surface area (Å²) in [5.74, 6) is 0.458. The topological polar surface area (TPSA) is 65.0 Å². The Kier molecular flexibility index (Phi) is 3.98. The van der Waals surface area contributed by atoms with Gasteiger partial charge in [0.25, 0.3) is 5.91 Å². The number of phenols is 1. The van der Waals surface area contributed by atoms with Crippen molar-refractivity contribution in [1.29, 1.82) is 0 Å². The highest BCUT2D eigenvalue weighted by Crippen LogP contribution is 2.25. The highest BCUT2D eigenvalue weighted by Gasteiger charge is 2.30. The van der Waals surface area contributed by atoms with E-state index in [9.17, 15) is 9.90 Å². The summed E-state index contributed by atoms with van der Waals surface area (Å²) >= 11 is 0. The Labute approximate surface area is 124 Å². The number of rotatable bonds is 3. The monoisotopic (exact) mass is 291 g/mol. The first-order chi connectivity index (χ1) is 10.2. The lowest BCUT2D eigenvalue weighted by molar-refractivity contribution is 0.0499. The third-order valence-corrected chi connectivity index (χ3v) is 4.31. The zero-order valence-corrected chi connectivity index (χ0v) is 12.2. The highest BCUT2D eigenvalue weighted by molar-refractivity contribution is 5.97. The van der Waals surface area contributed by atoms with E-state index in [1.54, 1.807) is 24.1 Å². The smallest absolute Gasteiger partial charge is 0.257 e. The average molecular weight is 291 g/mol. The van der Waals surface area contributed by atoms with Crippen molar-refractivity contribution >= 4 is 5.91 Å². The molecule has 1 amide bonds. The fourth-order valence-electron chi connectivity index (χ4n) is 2.81. The summed E-state index contributed by atoms with van der Waals surface area (Å²) in [4.78, 5) is 16.8. The third-order valence-electron chi connectivity index (χ3n) is 4.31. The van der Waals surface area contributed by atoms with E-state index in [1.807, 2.05) is 0 Å². The number of nitrogens with one attached hydrogen (secondary N) is 1. The molecule has 0 spiro atoms. The molecule has 0 atom stereocenters. The Bertz CT molecular complexity index is 523. The van der Waals surface area contributed by atoms with Crippen LogP contribution in [0.5, 0.6) is 11.5 Å². The van der Waals surface area contributed by atoms with Crippen molar-refractivity contribution in [3.8, 4) is 11.5 Å². The molecular weight excluding hydrogens is 270 g/mol. The number of hydrogen-bond acceptors (Lipinski definition) is 5. The van der Waals surface area contributed by atoms with Gasteiger partial charge in [-0.1, -0.05) is 0 Å². The van der Waals surface area contributed by atoms with E-state index in [0.717, 1.165) is 26.2 Å². The molecule has 6 nitrogen and oxygen atoms in total. The van der Waals surface area contributed by atoms with Crippen molar-refractivity contribution < 1.29 is 14.6 Å².